The molecule has 13 heteroatoms. The summed E-state index contributed by atoms with van der Waals surface area (Å²) in [5, 5.41) is 17.1. The van der Waals surface area contributed by atoms with Crippen LogP contribution in [0.3, 0.4) is 0 Å². The molecule has 11 nitrogen and oxygen atoms in total. The first kappa shape index (κ1) is 20.1. The molecule has 150 valence electrons. The molecule has 28 heavy (non-hydrogen) atoms. The Morgan fingerprint density at radius 2 is 2.29 bits per heavy atom. The van der Waals surface area contributed by atoms with Gasteiger partial charge in [0.2, 0.25) is 0 Å². The maximum atomic E-state index is 12.7. The van der Waals surface area contributed by atoms with Crippen molar-refractivity contribution in [3.8, 4) is 0 Å². The van der Waals surface area contributed by atoms with E-state index in [9.17, 15) is 19.5 Å². The SMILES string of the molecule is CCON=C(C(=O)NC1C(=O)N2C(C(=O)O)=C(CN)CS[C@@H]12)c1csc(N)n1. The van der Waals surface area contributed by atoms with Gasteiger partial charge < -0.3 is 26.7 Å². The number of hydrogen-bond donors (Lipinski definition) is 4. The predicted octanol–water partition coefficient (Wildman–Crippen LogP) is -0.837. The highest BCUT2D eigenvalue weighted by Gasteiger charge is 2.54. The average molecular weight is 426 g/mol. The van der Waals surface area contributed by atoms with E-state index in [1.54, 1.807) is 12.3 Å². The molecule has 0 aliphatic carbocycles. The third-order valence-corrected chi connectivity index (χ3v) is 6.06. The van der Waals surface area contributed by atoms with E-state index in [4.69, 9.17) is 16.3 Å². The molecule has 1 fully saturated rings. The molecule has 6 N–H and O–H groups in total. The number of nitrogens with zero attached hydrogens (tertiary/aromatic N) is 3. The molecule has 0 saturated carbocycles. The van der Waals surface area contributed by atoms with Crippen LogP contribution in [0, 0.1) is 0 Å². The van der Waals surface area contributed by atoms with Crippen LogP contribution in [0.1, 0.15) is 12.6 Å². The first-order valence-electron chi connectivity index (χ1n) is 8.21. The first-order valence-corrected chi connectivity index (χ1v) is 10.1. The van der Waals surface area contributed by atoms with E-state index in [1.807, 2.05) is 0 Å². The van der Waals surface area contributed by atoms with Gasteiger partial charge in [0.1, 0.15) is 29.4 Å². The highest BCUT2D eigenvalue weighted by atomic mass is 32.2. The molecule has 1 saturated heterocycles. The number of rotatable bonds is 7. The summed E-state index contributed by atoms with van der Waals surface area (Å²) in [4.78, 5) is 46.9. The van der Waals surface area contributed by atoms with Crippen LogP contribution in [0.4, 0.5) is 5.13 Å². The van der Waals surface area contributed by atoms with Crippen molar-refractivity contribution in [1.29, 1.82) is 0 Å². The van der Waals surface area contributed by atoms with Crippen LogP contribution in [-0.2, 0) is 19.2 Å². The Labute approximate surface area is 167 Å². The standard InChI is InChI=1S/C15H18N6O5S2/c1-2-26-20-8(7-5-28-15(17)18-7)11(22)19-9-12(23)21-10(14(24)25)6(3-16)4-27-13(9)21/h5,9,13H,2-4,16H2,1H3,(H2,17,18)(H,19,22)(H,24,25)/t9?,13-/m0/s1. The number of amides is 2. The van der Waals surface area contributed by atoms with E-state index in [0.717, 1.165) is 16.2 Å². The summed E-state index contributed by atoms with van der Waals surface area (Å²) in [7, 11) is 0. The van der Waals surface area contributed by atoms with Crippen LogP contribution < -0.4 is 16.8 Å². The largest absolute Gasteiger partial charge is 0.477 e. The number of carboxylic acid groups (broad SMARTS) is 1. The summed E-state index contributed by atoms with van der Waals surface area (Å²) in [6, 6.07) is -0.894. The molecule has 2 aliphatic rings. The van der Waals surface area contributed by atoms with E-state index in [-0.39, 0.29) is 35.4 Å². The quantitative estimate of drug-likeness (QED) is 0.246. The van der Waals surface area contributed by atoms with Crippen molar-refractivity contribution < 1.29 is 24.3 Å². The maximum absolute atomic E-state index is 12.7. The molecule has 2 amide bonds. The lowest BCUT2D eigenvalue weighted by molar-refractivity contribution is -0.150. The number of anilines is 1. The van der Waals surface area contributed by atoms with Gasteiger partial charge in [0.05, 0.1) is 0 Å². The zero-order valence-electron chi connectivity index (χ0n) is 14.7. The second-order valence-electron chi connectivity index (χ2n) is 5.75. The Kier molecular flexibility index (Phi) is 5.86. The van der Waals surface area contributed by atoms with Gasteiger partial charge in [0.15, 0.2) is 10.8 Å². The third-order valence-electron chi connectivity index (χ3n) is 4.05. The Morgan fingerprint density at radius 1 is 1.54 bits per heavy atom. The number of carbonyl (C=O) groups is 3. The van der Waals surface area contributed by atoms with Gasteiger partial charge in [-0.2, -0.15) is 0 Å². The number of aliphatic carboxylic acids is 1. The van der Waals surface area contributed by atoms with Crippen LogP contribution in [-0.4, -0.2) is 68.8 Å². The van der Waals surface area contributed by atoms with Gasteiger partial charge in [-0.3, -0.25) is 14.5 Å². The molecular weight excluding hydrogens is 408 g/mol. The molecule has 1 aromatic heterocycles. The normalized spacial score (nSPS) is 21.9. The number of nitrogens with one attached hydrogen (secondary N) is 1. The second-order valence-corrected chi connectivity index (χ2v) is 7.75. The van der Waals surface area contributed by atoms with Crippen molar-refractivity contribution in [2.45, 2.75) is 18.3 Å². The van der Waals surface area contributed by atoms with Crippen LogP contribution >= 0.6 is 23.1 Å². The lowest BCUT2D eigenvalue weighted by atomic mass is 10.0. The number of aromatic nitrogens is 1. The first-order chi connectivity index (χ1) is 13.4. The highest BCUT2D eigenvalue weighted by molar-refractivity contribution is 8.00. The van der Waals surface area contributed by atoms with Gasteiger partial charge >= 0.3 is 5.97 Å². The molecule has 1 aromatic rings. The van der Waals surface area contributed by atoms with E-state index in [2.05, 4.69) is 15.5 Å². The molecule has 0 spiro atoms. The van der Waals surface area contributed by atoms with Crippen molar-refractivity contribution in [1.82, 2.24) is 15.2 Å². The van der Waals surface area contributed by atoms with Gasteiger partial charge in [-0.15, -0.1) is 23.1 Å². The average Bonchev–Trinajstić information content (AvgIpc) is 3.10. The molecule has 2 atom stereocenters. The second kappa shape index (κ2) is 8.16. The molecule has 3 heterocycles. The van der Waals surface area contributed by atoms with Gasteiger partial charge in [0, 0.05) is 17.7 Å². The van der Waals surface area contributed by atoms with Crippen molar-refractivity contribution in [2.75, 3.05) is 24.6 Å². The summed E-state index contributed by atoms with van der Waals surface area (Å²) in [5.41, 5.74) is 11.7. The lowest BCUT2D eigenvalue weighted by Crippen LogP contribution is -2.71. The van der Waals surface area contributed by atoms with Crippen molar-refractivity contribution in [3.63, 3.8) is 0 Å². The molecule has 2 aliphatic heterocycles. The number of carboxylic acids is 1. The van der Waals surface area contributed by atoms with Crippen molar-refractivity contribution in [3.05, 3.63) is 22.3 Å². The molecule has 0 radical (unpaired) electrons. The third kappa shape index (κ3) is 3.55. The number of nitrogen functional groups attached to an aromatic ring is 1. The van der Waals surface area contributed by atoms with E-state index < -0.39 is 29.2 Å². The van der Waals surface area contributed by atoms with E-state index in [1.165, 1.54) is 11.8 Å². The molecule has 1 unspecified atom stereocenters. The zero-order valence-corrected chi connectivity index (χ0v) is 16.4. The van der Waals surface area contributed by atoms with Gasteiger partial charge in [0.25, 0.3) is 11.8 Å². The fraction of sp³-hybridized carbons (Fsp3) is 0.400. The fourth-order valence-corrected chi connectivity index (χ4v) is 4.69. The van der Waals surface area contributed by atoms with Gasteiger partial charge in [-0.1, -0.05) is 5.16 Å². The molecule has 3 rings (SSSR count). The van der Waals surface area contributed by atoms with Gasteiger partial charge in [-0.05, 0) is 12.5 Å². The van der Waals surface area contributed by atoms with Crippen LogP contribution in [0.5, 0.6) is 0 Å². The number of hydrogen-bond acceptors (Lipinski definition) is 10. The van der Waals surface area contributed by atoms with E-state index in [0.29, 0.717) is 11.3 Å². The smallest absolute Gasteiger partial charge is 0.352 e. The minimum Gasteiger partial charge on any atom is -0.477 e. The number of nitrogens with two attached hydrogens (primary N) is 2. The Hall–Kier alpha value is -2.64. The van der Waals surface area contributed by atoms with E-state index >= 15 is 0 Å². The lowest BCUT2D eigenvalue weighted by Gasteiger charge is -2.49. The topological polar surface area (TPSA) is 173 Å². The number of fused-ring (bicyclic) bond motifs is 1. The zero-order chi connectivity index (χ0) is 20.4. The molecule has 0 aromatic carbocycles. The molecule has 0 bridgehead atoms. The summed E-state index contributed by atoms with van der Waals surface area (Å²) in [5.74, 6) is -2.05. The number of thiazole rings is 1. The Bertz CT molecular complexity index is 882. The number of carbonyl (C=O) groups excluding carboxylic acids is 2. The highest BCUT2D eigenvalue weighted by Crippen LogP contribution is 2.40. The maximum Gasteiger partial charge on any atom is 0.352 e. The number of thioether (sulfide) groups is 1. The summed E-state index contributed by atoms with van der Waals surface area (Å²) in [6.07, 6.45) is 0. The fourth-order valence-electron chi connectivity index (χ4n) is 2.78. The van der Waals surface area contributed by atoms with Crippen LogP contribution in [0.2, 0.25) is 0 Å². The van der Waals surface area contributed by atoms with Crippen LogP contribution in [0.15, 0.2) is 21.8 Å². The van der Waals surface area contributed by atoms with Crippen molar-refractivity contribution >= 4 is 51.7 Å². The number of oxime groups is 1. The predicted molar refractivity (Wildman–Crippen MR) is 103 cm³/mol. The molecular formula is C15H18N6O5S2. The summed E-state index contributed by atoms with van der Waals surface area (Å²) >= 11 is 2.47. The van der Waals surface area contributed by atoms with Crippen molar-refractivity contribution in [2.24, 2.45) is 10.9 Å². The minimum absolute atomic E-state index is 0.0402. The summed E-state index contributed by atoms with van der Waals surface area (Å²) in [6.45, 7) is 1.98. The number of β-lactam (4-membered cyclic amide) rings is 1. The monoisotopic (exact) mass is 426 g/mol. The van der Waals surface area contributed by atoms with Crippen LogP contribution in [0.25, 0.3) is 0 Å². The summed E-state index contributed by atoms with van der Waals surface area (Å²) < 4.78 is 0. The Morgan fingerprint density at radius 3 is 2.86 bits per heavy atom. The minimum atomic E-state index is -1.22. The van der Waals surface area contributed by atoms with Gasteiger partial charge in [-0.25, -0.2) is 9.78 Å². The Balaban J connectivity index is 1.79.